The fourth-order valence-corrected chi connectivity index (χ4v) is 4.15. The first-order valence-electron chi connectivity index (χ1n) is 7.87. The van der Waals surface area contributed by atoms with Crippen LogP contribution in [0.25, 0.3) is 0 Å². The number of aryl methyl sites for hydroxylation is 2. The van der Waals surface area contributed by atoms with Gasteiger partial charge >= 0.3 is 0 Å². The molecule has 1 N–H and O–H groups in total. The van der Waals surface area contributed by atoms with Crippen molar-refractivity contribution in [3.05, 3.63) is 15.6 Å². The fraction of sp³-hybridized carbons (Fsp3) is 0.812. The molecule has 0 saturated heterocycles. The molecule has 1 aliphatic carbocycles. The highest BCUT2D eigenvalue weighted by Crippen LogP contribution is 2.38. The molecule has 0 amide bonds. The number of hydrogen-bond acceptors (Lipinski definition) is 3. The molecule has 1 fully saturated rings. The van der Waals surface area contributed by atoms with Crippen LogP contribution in [0.15, 0.2) is 0 Å². The van der Waals surface area contributed by atoms with Crippen molar-refractivity contribution in [3.8, 4) is 0 Å². The van der Waals surface area contributed by atoms with Crippen molar-refractivity contribution < 1.29 is 0 Å². The van der Waals surface area contributed by atoms with Gasteiger partial charge in [0.25, 0.3) is 0 Å². The van der Waals surface area contributed by atoms with Crippen LogP contribution in [-0.4, -0.2) is 11.5 Å². The zero-order chi connectivity index (χ0) is 13.7. The Labute approximate surface area is 122 Å². The lowest BCUT2D eigenvalue weighted by molar-refractivity contribution is 0.252. The number of aromatic nitrogens is 1. The van der Waals surface area contributed by atoms with E-state index in [1.54, 1.807) is 0 Å². The van der Waals surface area contributed by atoms with Crippen LogP contribution < -0.4 is 5.32 Å². The summed E-state index contributed by atoms with van der Waals surface area (Å²) in [5, 5.41) is 5.20. The van der Waals surface area contributed by atoms with Crippen LogP contribution in [0.3, 0.4) is 0 Å². The quantitative estimate of drug-likeness (QED) is 0.864. The topological polar surface area (TPSA) is 24.9 Å². The Kier molecular flexibility index (Phi) is 5.40. The van der Waals surface area contributed by atoms with Crippen molar-refractivity contribution in [2.24, 2.45) is 0 Å². The summed E-state index contributed by atoms with van der Waals surface area (Å²) in [5.74, 6) is 0. The standard InChI is InChI=1S/C16H28N2S/c1-4-12-17-16(10-8-6-5-7-9-11-16)15-18-13(2)14(3)19-15/h17H,4-12H2,1-3H3. The second-order valence-corrected chi connectivity index (χ2v) is 7.14. The van der Waals surface area contributed by atoms with Crippen molar-refractivity contribution in [2.75, 3.05) is 6.54 Å². The number of nitrogens with zero attached hydrogens (tertiary/aromatic N) is 1. The molecule has 19 heavy (non-hydrogen) atoms. The van der Waals surface area contributed by atoms with E-state index in [0.29, 0.717) is 0 Å². The van der Waals surface area contributed by atoms with Crippen molar-refractivity contribution in [1.82, 2.24) is 10.3 Å². The second kappa shape index (κ2) is 6.85. The van der Waals surface area contributed by atoms with Gasteiger partial charge in [-0.2, -0.15) is 0 Å². The highest BCUT2D eigenvalue weighted by molar-refractivity contribution is 7.11. The predicted molar refractivity (Wildman–Crippen MR) is 83.9 cm³/mol. The van der Waals surface area contributed by atoms with Crippen molar-refractivity contribution >= 4 is 11.3 Å². The van der Waals surface area contributed by atoms with E-state index in [0.717, 1.165) is 6.54 Å². The summed E-state index contributed by atoms with van der Waals surface area (Å²) >= 11 is 1.91. The highest BCUT2D eigenvalue weighted by atomic mass is 32.1. The molecule has 1 aromatic rings. The first-order valence-corrected chi connectivity index (χ1v) is 8.69. The molecule has 2 nitrogen and oxygen atoms in total. The molecule has 1 heterocycles. The van der Waals surface area contributed by atoms with E-state index in [1.807, 2.05) is 11.3 Å². The Hall–Kier alpha value is -0.410. The molecule has 2 rings (SSSR count). The molecular formula is C16H28N2S. The number of hydrogen-bond donors (Lipinski definition) is 1. The molecule has 1 aliphatic rings. The Bertz CT molecular complexity index is 364. The minimum atomic E-state index is 0.167. The van der Waals surface area contributed by atoms with Crippen LogP contribution >= 0.6 is 11.3 Å². The van der Waals surface area contributed by atoms with Crippen LogP contribution in [0.4, 0.5) is 0 Å². The van der Waals surface area contributed by atoms with Crippen LogP contribution in [0.5, 0.6) is 0 Å². The maximum absolute atomic E-state index is 4.89. The van der Waals surface area contributed by atoms with Gasteiger partial charge in [-0.1, -0.05) is 39.0 Å². The van der Waals surface area contributed by atoms with E-state index >= 15 is 0 Å². The van der Waals surface area contributed by atoms with Gasteiger partial charge in [-0.3, -0.25) is 0 Å². The lowest BCUT2D eigenvalue weighted by atomic mass is 9.84. The zero-order valence-corrected chi connectivity index (χ0v) is 13.5. The van der Waals surface area contributed by atoms with Crippen LogP contribution in [0.1, 0.15) is 73.9 Å². The molecule has 0 unspecified atom stereocenters. The minimum Gasteiger partial charge on any atom is -0.305 e. The first kappa shape index (κ1) is 15.0. The first-order chi connectivity index (χ1) is 9.18. The molecule has 0 atom stereocenters. The zero-order valence-electron chi connectivity index (χ0n) is 12.7. The van der Waals surface area contributed by atoms with Gasteiger partial charge in [0, 0.05) is 4.88 Å². The third-order valence-electron chi connectivity index (χ3n) is 4.36. The van der Waals surface area contributed by atoms with Gasteiger partial charge in [-0.05, 0) is 39.7 Å². The van der Waals surface area contributed by atoms with Gasteiger partial charge in [0.2, 0.25) is 0 Å². The monoisotopic (exact) mass is 280 g/mol. The lowest BCUT2D eigenvalue weighted by Gasteiger charge is -2.35. The Morgan fingerprint density at radius 2 is 1.74 bits per heavy atom. The van der Waals surface area contributed by atoms with Gasteiger partial charge in [0.15, 0.2) is 0 Å². The lowest BCUT2D eigenvalue weighted by Crippen LogP contribution is -2.43. The van der Waals surface area contributed by atoms with Crippen LogP contribution in [0.2, 0.25) is 0 Å². The van der Waals surface area contributed by atoms with E-state index in [2.05, 4.69) is 26.1 Å². The molecule has 3 heteroatoms. The molecule has 108 valence electrons. The van der Waals surface area contributed by atoms with Crippen LogP contribution in [-0.2, 0) is 5.54 Å². The summed E-state index contributed by atoms with van der Waals surface area (Å²) in [4.78, 5) is 6.27. The van der Waals surface area contributed by atoms with Gasteiger partial charge < -0.3 is 5.32 Å². The summed E-state index contributed by atoms with van der Waals surface area (Å²) in [6.45, 7) is 7.71. The van der Waals surface area contributed by atoms with E-state index in [1.165, 1.54) is 66.9 Å². The summed E-state index contributed by atoms with van der Waals surface area (Å²) in [6, 6.07) is 0. The third-order valence-corrected chi connectivity index (χ3v) is 5.64. The van der Waals surface area contributed by atoms with Crippen molar-refractivity contribution in [2.45, 2.75) is 77.7 Å². The third kappa shape index (κ3) is 3.57. The highest BCUT2D eigenvalue weighted by Gasteiger charge is 2.34. The smallest absolute Gasteiger partial charge is 0.113 e. The SMILES string of the molecule is CCCNC1(c2nc(C)c(C)s2)CCCCCCC1. The van der Waals surface area contributed by atoms with E-state index < -0.39 is 0 Å². The molecule has 0 radical (unpaired) electrons. The number of thiazole rings is 1. The van der Waals surface area contributed by atoms with E-state index in [9.17, 15) is 0 Å². The van der Waals surface area contributed by atoms with Gasteiger partial charge in [-0.15, -0.1) is 11.3 Å². The molecule has 0 bridgehead atoms. The predicted octanol–water partition coefficient (Wildman–Crippen LogP) is 4.70. The number of rotatable bonds is 4. The fourth-order valence-electron chi connectivity index (χ4n) is 3.02. The van der Waals surface area contributed by atoms with E-state index in [-0.39, 0.29) is 5.54 Å². The molecule has 0 aromatic carbocycles. The van der Waals surface area contributed by atoms with Gasteiger partial charge in [0.05, 0.1) is 11.2 Å². The van der Waals surface area contributed by atoms with Gasteiger partial charge in [0.1, 0.15) is 5.01 Å². The normalized spacial score (nSPS) is 19.9. The Morgan fingerprint density at radius 3 is 2.26 bits per heavy atom. The maximum atomic E-state index is 4.89. The molecule has 0 spiro atoms. The Morgan fingerprint density at radius 1 is 1.11 bits per heavy atom. The molecule has 1 aromatic heterocycles. The van der Waals surface area contributed by atoms with E-state index in [4.69, 9.17) is 4.98 Å². The summed E-state index contributed by atoms with van der Waals surface area (Å²) in [5.41, 5.74) is 1.39. The van der Waals surface area contributed by atoms with Gasteiger partial charge in [-0.25, -0.2) is 4.98 Å². The Balaban J connectivity index is 2.25. The summed E-state index contributed by atoms with van der Waals surface area (Å²) in [6.07, 6.45) is 10.6. The van der Waals surface area contributed by atoms with Crippen LogP contribution in [0, 0.1) is 13.8 Å². The average molecular weight is 280 g/mol. The summed E-state index contributed by atoms with van der Waals surface area (Å²) < 4.78 is 0. The maximum Gasteiger partial charge on any atom is 0.113 e. The minimum absolute atomic E-state index is 0.167. The molecular weight excluding hydrogens is 252 g/mol. The van der Waals surface area contributed by atoms with Crippen molar-refractivity contribution in [1.29, 1.82) is 0 Å². The molecule has 0 aliphatic heterocycles. The van der Waals surface area contributed by atoms with Crippen molar-refractivity contribution in [3.63, 3.8) is 0 Å². The summed E-state index contributed by atoms with van der Waals surface area (Å²) in [7, 11) is 0. The largest absolute Gasteiger partial charge is 0.305 e. The molecule has 1 saturated carbocycles. The second-order valence-electron chi connectivity index (χ2n) is 5.94. The average Bonchev–Trinajstić information content (AvgIpc) is 2.69. The number of nitrogens with one attached hydrogen (secondary N) is 1.